The Bertz CT molecular complexity index is 734. The van der Waals surface area contributed by atoms with Crippen molar-refractivity contribution in [2.24, 2.45) is 0 Å². The molecule has 0 saturated carbocycles. The Labute approximate surface area is 129 Å². The summed E-state index contributed by atoms with van der Waals surface area (Å²) in [5.41, 5.74) is 2.83. The highest BCUT2D eigenvalue weighted by molar-refractivity contribution is 6.14. The number of para-hydroxylation sites is 1. The molecule has 0 fully saturated rings. The number of ketones is 1. The molecule has 0 aromatic heterocycles. The maximum absolute atomic E-state index is 12.8. The fourth-order valence-electron chi connectivity index (χ4n) is 2.71. The SMILES string of the molecule is COc1cccc2c1N(C(=O)c1ccc(C)cc1)CCC2=O. The summed E-state index contributed by atoms with van der Waals surface area (Å²) < 4.78 is 5.35. The number of anilines is 1. The maximum atomic E-state index is 12.8. The van der Waals surface area contributed by atoms with Crippen LogP contribution >= 0.6 is 0 Å². The minimum atomic E-state index is -0.113. The van der Waals surface area contributed by atoms with E-state index in [4.69, 9.17) is 4.74 Å². The van der Waals surface area contributed by atoms with Crippen LogP contribution in [-0.2, 0) is 0 Å². The van der Waals surface area contributed by atoms with Crippen LogP contribution in [0.4, 0.5) is 5.69 Å². The molecule has 1 aliphatic heterocycles. The molecule has 0 bridgehead atoms. The first-order valence-electron chi connectivity index (χ1n) is 7.20. The molecule has 0 N–H and O–H groups in total. The maximum Gasteiger partial charge on any atom is 0.258 e. The Morgan fingerprint density at radius 2 is 1.86 bits per heavy atom. The molecule has 0 unspecified atom stereocenters. The third-order valence-electron chi connectivity index (χ3n) is 3.90. The van der Waals surface area contributed by atoms with E-state index < -0.39 is 0 Å². The largest absolute Gasteiger partial charge is 0.495 e. The number of rotatable bonds is 2. The molecule has 1 aliphatic rings. The van der Waals surface area contributed by atoms with Gasteiger partial charge in [0, 0.05) is 24.1 Å². The van der Waals surface area contributed by atoms with Gasteiger partial charge < -0.3 is 9.64 Å². The highest BCUT2D eigenvalue weighted by Crippen LogP contribution is 2.36. The van der Waals surface area contributed by atoms with Gasteiger partial charge in [-0.25, -0.2) is 0 Å². The zero-order chi connectivity index (χ0) is 15.7. The highest BCUT2D eigenvalue weighted by Gasteiger charge is 2.30. The third kappa shape index (κ3) is 2.37. The lowest BCUT2D eigenvalue weighted by Crippen LogP contribution is -2.37. The Hall–Kier alpha value is -2.62. The van der Waals surface area contributed by atoms with Crippen molar-refractivity contribution < 1.29 is 14.3 Å². The van der Waals surface area contributed by atoms with Crippen molar-refractivity contribution in [1.82, 2.24) is 0 Å². The van der Waals surface area contributed by atoms with E-state index in [1.54, 1.807) is 30.2 Å². The van der Waals surface area contributed by atoms with Crippen LogP contribution < -0.4 is 9.64 Å². The van der Waals surface area contributed by atoms with Gasteiger partial charge in [0.05, 0.1) is 12.8 Å². The summed E-state index contributed by atoms with van der Waals surface area (Å²) in [5.74, 6) is 0.478. The topological polar surface area (TPSA) is 46.6 Å². The monoisotopic (exact) mass is 295 g/mol. The van der Waals surface area contributed by atoms with E-state index in [9.17, 15) is 9.59 Å². The Balaban J connectivity index is 2.06. The summed E-state index contributed by atoms with van der Waals surface area (Å²) in [6.07, 6.45) is 0.331. The average molecular weight is 295 g/mol. The number of hydrogen-bond donors (Lipinski definition) is 0. The minimum absolute atomic E-state index is 0.0434. The highest BCUT2D eigenvalue weighted by atomic mass is 16.5. The number of methoxy groups -OCH3 is 1. The predicted molar refractivity (Wildman–Crippen MR) is 84.8 cm³/mol. The molecule has 112 valence electrons. The average Bonchev–Trinajstić information content (AvgIpc) is 2.55. The van der Waals surface area contributed by atoms with Crippen LogP contribution in [0.15, 0.2) is 42.5 Å². The summed E-state index contributed by atoms with van der Waals surface area (Å²) >= 11 is 0. The Kier molecular flexibility index (Phi) is 3.67. The Morgan fingerprint density at radius 3 is 2.55 bits per heavy atom. The van der Waals surface area contributed by atoms with Gasteiger partial charge >= 0.3 is 0 Å². The van der Waals surface area contributed by atoms with Crippen LogP contribution in [0.5, 0.6) is 5.75 Å². The summed E-state index contributed by atoms with van der Waals surface area (Å²) in [7, 11) is 1.54. The van der Waals surface area contributed by atoms with E-state index in [2.05, 4.69) is 0 Å². The number of benzene rings is 2. The van der Waals surface area contributed by atoms with Crippen LogP contribution in [0.25, 0.3) is 0 Å². The lowest BCUT2D eigenvalue weighted by Gasteiger charge is -2.30. The fraction of sp³-hybridized carbons (Fsp3) is 0.222. The van der Waals surface area contributed by atoms with E-state index in [0.717, 1.165) is 5.56 Å². The number of nitrogens with zero attached hydrogens (tertiary/aromatic N) is 1. The van der Waals surface area contributed by atoms with Gasteiger partial charge in [0.15, 0.2) is 5.78 Å². The number of aryl methyl sites for hydroxylation is 1. The quantitative estimate of drug-likeness (QED) is 0.854. The normalized spacial score (nSPS) is 13.7. The molecule has 0 saturated heterocycles. The number of fused-ring (bicyclic) bond motifs is 1. The van der Waals surface area contributed by atoms with Crippen molar-refractivity contribution in [2.45, 2.75) is 13.3 Å². The lowest BCUT2D eigenvalue weighted by molar-refractivity contribution is 0.0954. The van der Waals surface area contributed by atoms with E-state index >= 15 is 0 Å². The van der Waals surface area contributed by atoms with Crippen molar-refractivity contribution in [3.8, 4) is 5.75 Å². The number of hydrogen-bond acceptors (Lipinski definition) is 3. The zero-order valence-corrected chi connectivity index (χ0v) is 12.6. The van der Waals surface area contributed by atoms with Gasteiger partial charge in [-0.05, 0) is 31.2 Å². The second-order valence-electron chi connectivity index (χ2n) is 5.35. The summed E-state index contributed by atoms with van der Waals surface area (Å²) in [6, 6.07) is 12.7. The summed E-state index contributed by atoms with van der Waals surface area (Å²) in [6.45, 7) is 2.35. The van der Waals surface area contributed by atoms with Gasteiger partial charge in [0.2, 0.25) is 0 Å². The second kappa shape index (κ2) is 5.64. The third-order valence-corrected chi connectivity index (χ3v) is 3.90. The molecule has 22 heavy (non-hydrogen) atoms. The van der Waals surface area contributed by atoms with Crippen LogP contribution in [0.1, 0.15) is 32.7 Å². The van der Waals surface area contributed by atoms with Gasteiger partial charge in [0.1, 0.15) is 5.75 Å². The number of ether oxygens (including phenoxy) is 1. The zero-order valence-electron chi connectivity index (χ0n) is 12.6. The van der Waals surface area contributed by atoms with E-state index in [0.29, 0.717) is 35.5 Å². The first kappa shape index (κ1) is 14.3. The Morgan fingerprint density at radius 1 is 1.14 bits per heavy atom. The van der Waals surface area contributed by atoms with Crippen molar-refractivity contribution in [3.63, 3.8) is 0 Å². The van der Waals surface area contributed by atoms with Gasteiger partial charge in [-0.2, -0.15) is 0 Å². The van der Waals surface area contributed by atoms with Crippen molar-refractivity contribution in [2.75, 3.05) is 18.6 Å². The van der Waals surface area contributed by atoms with Crippen molar-refractivity contribution in [3.05, 3.63) is 59.2 Å². The number of Topliss-reactive ketones (excluding diaryl/α,β-unsaturated/α-hetero) is 1. The molecule has 2 aromatic carbocycles. The standard InChI is InChI=1S/C18H17NO3/c1-12-6-8-13(9-7-12)18(21)19-11-10-15(20)14-4-3-5-16(22-2)17(14)19/h3-9H,10-11H2,1-2H3. The van der Waals surface area contributed by atoms with Crippen LogP contribution in [0.2, 0.25) is 0 Å². The molecule has 1 amide bonds. The fourth-order valence-corrected chi connectivity index (χ4v) is 2.71. The number of amides is 1. The molecule has 0 spiro atoms. The first-order valence-corrected chi connectivity index (χ1v) is 7.20. The number of carbonyl (C=O) groups is 2. The molecule has 0 atom stereocenters. The molecule has 3 rings (SSSR count). The van der Waals surface area contributed by atoms with Gasteiger partial charge in [-0.3, -0.25) is 9.59 Å². The van der Waals surface area contributed by atoms with E-state index in [1.807, 2.05) is 31.2 Å². The van der Waals surface area contributed by atoms with Gasteiger partial charge in [0.25, 0.3) is 5.91 Å². The molecule has 4 heteroatoms. The molecule has 1 heterocycles. The van der Waals surface area contributed by atoms with E-state index in [1.165, 1.54) is 0 Å². The summed E-state index contributed by atoms with van der Waals surface area (Å²) in [4.78, 5) is 26.6. The molecular weight excluding hydrogens is 278 g/mol. The minimum Gasteiger partial charge on any atom is -0.495 e. The van der Waals surface area contributed by atoms with Crippen molar-refractivity contribution in [1.29, 1.82) is 0 Å². The van der Waals surface area contributed by atoms with Crippen LogP contribution in [0.3, 0.4) is 0 Å². The molecular formula is C18H17NO3. The molecule has 4 nitrogen and oxygen atoms in total. The van der Waals surface area contributed by atoms with Crippen LogP contribution in [-0.4, -0.2) is 25.3 Å². The van der Waals surface area contributed by atoms with Gasteiger partial charge in [-0.15, -0.1) is 0 Å². The van der Waals surface area contributed by atoms with Crippen LogP contribution in [0, 0.1) is 6.92 Å². The molecule has 0 aliphatic carbocycles. The molecule has 0 radical (unpaired) electrons. The second-order valence-corrected chi connectivity index (χ2v) is 5.35. The number of carbonyl (C=O) groups excluding carboxylic acids is 2. The lowest BCUT2D eigenvalue weighted by atomic mass is 9.98. The summed E-state index contributed by atoms with van der Waals surface area (Å²) in [5, 5.41) is 0. The predicted octanol–water partition coefficient (Wildman–Crippen LogP) is 3.24. The van der Waals surface area contributed by atoms with E-state index in [-0.39, 0.29) is 11.7 Å². The first-order chi connectivity index (χ1) is 10.6. The smallest absolute Gasteiger partial charge is 0.258 e. The molecule has 2 aromatic rings. The van der Waals surface area contributed by atoms with Gasteiger partial charge in [-0.1, -0.05) is 23.8 Å². The van der Waals surface area contributed by atoms with Crippen molar-refractivity contribution >= 4 is 17.4 Å².